The van der Waals surface area contributed by atoms with E-state index in [1.54, 1.807) is 42.0 Å². The summed E-state index contributed by atoms with van der Waals surface area (Å²) < 4.78 is 47.4. The van der Waals surface area contributed by atoms with Gasteiger partial charge in [-0.05, 0) is 94.8 Å². The largest absolute Gasteiger partial charge is 0.497 e. The van der Waals surface area contributed by atoms with Crippen LogP contribution in [-0.2, 0) is 20.4 Å². The third kappa shape index (κ3) is 7.00. The van der Waals surface area contributed by atoms with E-state index in [2.05, 4.69) is 25.8 Å². The molecule has 0 saturated carbocycles. The maximum Gasteiger partial charge on any atom is 0.243 e. The number of pyridine rings is 1. The van der Waals surface area contributed by atoms with E-state index in [0.29, 0.717) is 46.8 Å². The highest BCUT2D eigenvalue weighted by Crippen LogP contribution is 2.38. The van der Waals surface area contributed by atoms with Gasteiger partial charge in [0, 0.05) is 56.4 Å². The molecule has 3 fully saturated rings. The normalized spacial score (nSPS) is 20.7. The Labute approximate surface area is 273 Å². The van der Waals surface area contributed by atoms with E-state index in [1.165, 1.54) is 12.8 Å². The molecule has 6 rings (SSSR count). The fraction of sp³-hybridized carbons (Fsp3) is 0.559. The molecule has 3 aliphatic rings. The van der Waals surface area contributed by atoms with Crippen LogP contribution in [0.4, 0.5) is 5.95 Å². The molecule has 12 heteroatoms. The number of hydrogen-bond acceptors (Lipinski definition) is 10. The van der Waals surface area contributed by atoms with Crippen LogP contribution < -0.4 is 14.4 Å². The van der Waals surface area contributed by atoms with Crippen molar-refractivity contribution in [2.24, 2.45) is 0 Å². The van der Waals surface area contributed by atoms with Gasteiger partial charge in [-0.2, -0.15) is 9.29 Å². The van der Waals surface area contributed by atoms with Crippen molar-refractivity contribution in [2.45, 2.75) is 68.9 Å². The van der Waals surface area contributed by atoms with E-state index < -0.39 is 15.6 Å². The monoisotopic (exact) mass is 650 g/mol. The Morgan fingerprint density at radius 1 is 0.978 bits per heavy atom. The molecule has 0 unspecified atom stereocenters. The first-order valence-electron chi connectivity index (χ1n) is 16.4. The highest BCUT2D eigenvalue weighted by Gasteiger charge is 2.39. The summed E-state index contributed by atoms with van der Waals surface area (Å²) in [6.45, 7) is 9.74. The van der Waals surface area contributed by atoms with Crippen molar-refractivity contribution < 1.29 is 22.6 Å². The molecule has 0 aliphatic carbocycles. The Hall–Kier alpha value is -3.32. The number of benzene rings is 1. The van der Waals surface area contributed by atoms with E-state index in [-0.39, 0.29) is 12.6 Å². The van der Waals surface area contributed by atoms with Gasteiger partial charge >= 0.3 is 0 Å². The topological polar surface area (TPSA) is 110 Å². The Morgan fingerprint density at radius 2 is 1.74 bits per heavy atom. The first-order chi connectivity index (χ1) is 22.3. The molecular weight excluding hydrogens is 604 g/mol. The van der Waals surface area contributed by atoms with E-state index in [0.717, 1.165) is 64.0 Å². The zero-order valence-corrected chi connectivity index (χ0v) is 28.0. The number of aryl methyl sites for hydroxylation is 2. The Balaban J connectivity index is 1.09. The fourth-order valence-corrected chi connectivity index (χ4v) is 9.28. The third-order valence-corrected chi connectivity index (χ3v) is 11.9. The summed E-state index contributed by atoms with van der Waals surface area (Å²) in [6, 6.07) is 9.09. The lowest BCUT2D eigenvalue weighted by Gasteiger charge is -2.42. The molecule has 3 saturated heterocycles. The Morgan fingerprint density at radius 3 is 2.43 bits per heavy atom. The van der Waals surface area contributed by atoms with Gasteiger partial charge < -0.3 is 24.0 Å². The summed E-state index contributed by atoms with van der Waals surface area (Å²) in [5.41, 5.74) is 2.08. The molecule has 5 heterocycles. The Bertz CT molecular complexity index is 1550. The molecule has 3 aliphatic heterocycles. The molecule has 0 radical (unpaired) electrons. The van der Waals surface area contributed by atoms with Crippen molar-refractivity contribution in [1.29, 1.82) is 0 Å². The minimum atomic E-state index is -3.71. The lowest BCUT2D eigenvalue weighted by molar-refractivity contribution is -0.0727. The number of ether oxygens (including phenoxy) is 3. The molecule has 2 aromatic heterocycles. The van der Waals surface area contributed by atoms with E-state index in [1.807, 2.05) is 26.1 Å². The third-order valence-electron chi connectivity index (χ3n) is 9.63. The van der Waals surface area contributed by atoms with E-state index in [4.69, 9.17) is 19.2 Å². The van der Waals surface area contributed by atoms with Crippen molar-refractivity contribution in [1.82, 2.24) is 24.2 Å². The van der Waals surface area contributed by atoms with Crippen molar-refractivity contribution >= 4 is 16.0 Å². The number of hydrogen-bond donors (Lipinski definition) is 0. The van der Waals surface area contributed by atoms with Gasteiger partial charge in [0.15, 0.2) is 0 Å². The number of anilines is 1. The summed E-state index contributed by atoms with van der Waals surface area (Å²) in [7, 11) is -2.13. The summed E-state index contributed by atoms with van der Waals surface area (Å²) in [5.74, 6) is 1.70. The average Bonchev–Trinajstić information content (AvgIpc) is 3.77. The maximum atomic E-state index is 13.8. The molecule has 0 spiro atoms. The van der Waals surface area contributed by atoms with Gasteiger partial charge in [0.2, 0.25) is 21.9 Å². The number of sulfonamides is 1. The summed E-state index contributed by atoms with van der Waals surface area (Å²) in [6.07, 6.45) is 11.1. The molecule has 1 atom stereocenters. The van der Waals surface area contributed by atoms with Crippen LogP contribution in [0.15, 0.2) is 53.8 Å². The first kappa shape index (κ1) is 32.6. The summed E-state index contributed by atoms with van der Waals surface area (Å²) >= 11 is 0. The number of nitrogens with zero attached hydrogens (tertiary/aromatic N) is 6. The first-order valence-corrected chi connectivity index (χ1v) is 17.9. The minimum absolute atomic E-state index is 0.221. The number of likely N-dealkylation sites (tertiary alicyclic amines) is 1. The number of methoxy groups -OCH3 is 1. The van der Waals surface area contributed by atoms with Gasteiger partial charge in [-0.25, -0.2) is 13.4 Å². The predicted octanol–water partition coefficient (Wildman–Crippen LogP) is 4.34. The summed E-state index contributed by atoms with van der Waals surface area (Å²) in [4.78, 5) is 18.7. The second-order valence-electron chi connectivity index (χ2n) is 12.6. The van der Waals surface area contributed by atoms with Crippen molar-refractivity contribution in [3.05, 3.63) is 65.6 Å². The van der Waals surface area contributed by atoms with Crippen LogP contribution in [0.25, 0.3) is 0 Å². The predicted molar refractivity (Wildman–Crippen MR) is 176 cm³/mol. The standard InChI is InChI=1S/C34H46N6O5S/c1-26-22-30(43-3)23-27(2)32(26)46(41,42)40-17-7-9-29(40)25-44-31-10-14-36-33(37-31)39-18-11-34(12-19-39,28-8-6-13-35-24-28)45-21-20-38-15-4-5-16-38/h6,8,10,13-14,22-24,29H,4-5,7,9,11-12,15-21,25H2,1-3H3/t29-/m0/s1. The van der Waals surface area contributed by atoms with Crippen LogP contribution in [0.3, 0.4) is 0 Å². The summed E-state index contributed by atoms with van der Waals surface area (Å²) in [5, 5.41) is 0. The van der Waals surface area contributed by atoms with Crippen LogP contribution in [-0.4, -0.2) is 98.2 Å². The van der Waals surface area contributed by atoms with Crippen LogP contribution in [0.5, 0.6) is 11.6 Å². The second-order valence-corrected chi connectivity index (χ2v) is 14.5. The molecule has 248 valence electrons. The minimum Gasteiger partial charge on any atom is -0.497 e. The van der Waals surface area contributed by atoms with Crippen molar-refractivity contribution in [2.75, 3.05) is 64.5 Å². The molecule has 0 N–H and O–H groups in total. The lowest BCUT2D eigenvalue weighted by atomic mass is 9.85. The number of rotatable bonds is 12. The van der Waals surface area contributed by atoms with Crippen molar-refractivity contribution in [3.8, 4) is 11.6 Å². The molecule has 3 aromatic rings. The average molecular weight is 651 g/mol. The molecule has 0 amide bonds. The highest BCUT2D eigenvalue weighted by molar-refractivity contribution is 7.89. The van der Waals surface area contributed by atoms with Gasteiger partial charge in [0.25, 0.3) is 0 Å². The molecule has 0 bridgehead atoms. The van der Waals surface area contributed by atoms with Gasteiger partial charge in [0.1, 0.15) is 12.4 Å². The quantitative estimate of drug-likeness (QED) is 0.281. The van der Waals surface area contributed by atoms with Gasteiger partial charge in [-0.3, -0.25) is 4.98 Å². The molecule has 11 nitrogen and oxygen atoms in total. The van der Waals surface area contributed by atoms with Gasteiger partial charge in [-0.15, -0.1) is 0 Å². The molecule has 1 aromatic carbocycles. The fourth-order valence-electron chi connectivity index (χ4n) is 7.18. The number of piperidine rings is 1. The lowest BCUT2D eigenvalue weighted by Crippen LogP contribution is -2.46. The van der Waals surface area contributed by atoms with E-state index in [9.17, 15) is 8.42 Å². The molecule has 46 heavy (non-hydrogen) atoms. The molecular formula is C34H46N6O5S. The van der Waals surface area contributed by atoms with Crippen LogP contribution in [0, 0.1) is 13.8 Å². The van der Waals surface area contributed by atoms with Crippen LogP contribution in [0.1, 0.15) is 55.2 Å². The Kier molecular flexibility index (Phi) is 10.1. The van der Waals surface area contributed by atoms with Crippen LogP contribution in [0.2, 0.25) is 0 Å². The zero-order valence-electron chi connectivity index (χ0n) is 27.2. The van der Waals surface area contributed by atoms with Gasteiger partial charge in [0.05, 0.1) is 30.3 Å². The zero-order chi connectivity index (χ0) is 32.1. The second kappa shape index (κ2) is 14.2. The number of aromatic nitrogens is 3. The van der Waals surface area contributed by atoms with Crippen LogP contribution >= 0.6 is 0 Å². The van der Waals surface area contributed by atoms with Crippen molar-refractivity contribution in [3.63, 3.8) is 0 Å². The SMILES string of the molecule is COc1cc(C)c(S(=O)(=O)N2CCC[C@H]2COc2ccnc(N3CCC(OCCN4CCCC4)(c4cccnc4)CC3)n2)c(C)c1. The van der Waals surface area contributed by atoms with E-state index >= 15 is 0 Å². The maximum absolute atomic E-state index is 13.8. The highest BCUT2D eigenvalue weighted by atomic mass is 32.2. The smallest absolute Gasteiger partial charge is 0.243 e. The van der Waals surface area contributed by atoms with Gasteiger partial charge in [-0.1, -0.05) is 6.07 Å².